The van der Waals surface area contributed by atoms with Gasteiger partial charge < -0.3 is 19.2 Å². The van der Waals surface area contributed by atoms with Crippen molar-refractivity contribution in [1.82, 2.24) is 5.32 Å². The highest BCUT2D eigenvalue weighted by Crippen LogP contribution is 2.22. The normalized spacial score (nSPS) is 11.5. The zero-order valence-electron chi connectivity index (χ0n) is 15.1. The molecule has 28 heavy (non-hydrogen) atoms. The molecule has 0 radical (unpaired) electrons. The van der Waals surface area contributed by atoms with E-state index in [-0.39, 0.29) is 12.3 Å². The molecule has 0 aliphatic heterocycles. The molecule has 144 valence electrons. The number of carbonyl (C=O) groups is 2. The maximum atomic E-state index is 12.8. The Kier molecular flexibility index (Phi) is 6.34. The second kappa shape index (κ2) is 9.10. The Labute approximate surface area is 167 Å². The van der Waals surface area contributed by atoms with Crippen molar-refractivity contribution in [3.63, 3.8) is 0 Å². The molecule has 0 spiro atoms. The first kappa shape index (κ1) is 19.5. The Hall–Kier alpha value is -3.25. The summed E-state index contributed by atoms with van der Waals surface area (Å²) in [6, 6.07) is 16.8. The van der Waals surface area contributed by atoms with Gasteiger partial charge in [0.05, 0.1) is 13.4 Å². The second-order valence-corrected chi connectivity index (χ2v) is 6.32. The molecule has 1 N–H and O–H groups in total. The molecule has 1 atom stereocenters. The van der Waals surface area contributed by atoms with Crippen LogP contribution in [0.2, 0.25) is 5.02 Å². The molecule has 3 rings (SSSR count). The van der Waals surface area contributed by atoms with E-state index in [2.05, 4.69) is 5.32 Å². The van der Waals surface area contributed by atoms with Gasteiger partial charge in [0.2, 0.25) is 11.9 Å². The lowest BCUT2D eigenvalue weighted by atomic mass is 10.1. The number of rotatable bonds is 7. The highest BCUT2D eigenvalue weighted by Gasteiger charge is 2.26. The molecule has 2 aromatic carbocycles. The van der Waals surface area contributed by atoms with E-state index in [9.17, 15) is 9.59 Å². The summed E-state index contributed by atoms with van der Waals surface area (Å²) in [5, 5.41) is 3.29. The number of hydrogen-bond donors (Lipinski definition) is 1. The van der Waals surface area contributed by atoms with Gasteiger partial charge in [0.1, 0.15) is 5.75 Å². The van der Waals surface area contributed by atoms with Gasteiger partial charge in [-0.2, -0.15) is 0 Å². The van der Waals surface area contributed by atoms with Crippen molar-refractivity contribution in [3.05, 3.63) is 88.8 Å². The van der Waals surface area contributed by atoms with Crippen molar-refractivity contribution < 1.29 is 23.5 Å². The summed E-state index contributed by atoms with van der Waals surface area (Å²) in [5.74, 6) is -0.453. The number of esters is 1. The van der Waals surface area contributed by atoms with E-state index in [1.165, 1.54) is 12.3 Å². The van der Waals surface area contributed by atoms with Crippen molar-refractivity contribution in [1.29, 1.82) is 0 Å². The van der Waals surface area contributed by atoms with Gasteiger partial charge in [0.15, 0.2) is 0 Å². The van der Waals surface area contributed by atoms with Gasteiger partial charge >= 0.3 is 5.97 Å². The summed E-state index contributed by atoms with van der Waals surface area (Å²) in [5.41, 5.74) is 1.37. The van der Waals surface area contributed by atoms with E-state index < -0.39 is 18.0 Å². The molecule has 0 aliphatic carbocycles. The Balaban J connectivity index is 1.73. The molecule has 0 aliphatic rings. The molecule has 0 saturated heterocycles. The van der Waals surface area contributed by atoms with Gasteiger partial charge in [-0.1, -0.05) is 35.9 Å². The van der Waals surface area contributed by atoms with Crippen LogP contribution in [0.3, 0.4) is 0 Å². The molecule has 6 nitrogen and oxygen atoms in total. The minimum atomic E-state index is -1.15. The maximum absolute atomic E-state index is 12.8. The average molecular weight is 400 g/mol. The van der Waals surface area contributed by atoms with Crippen LogP contribution in [0.25, 0.3) is 0 Å². The number of amides is 1. The number of methoxy groups -OCH3 is 1. The fourth-order valence-corrected chi connectivity index (χ4v) is 2.62. The largest absolute Gasteiger partial charge is 0.497 e. The van der Waals surface area contributed by atoms with Gasteiger partial charge in [-0.15, -0.1) is 0 Å². The van der Waals surface area contributed by atoms with Crippen LogP contribution in [0.15, 0.2) is 71.3 Å². The first-order valence-corrected chi connectivity index (χ1v) is 8.85. The third kappa shape index (κ3) is 4.92. The summed E-state index contributed by atoms with van der Waals surface area (Å²) in [4.78, 5) is 25.0. The molecule has 1 amide bonds. The summed E-state index contributed by atoms with van der Waals surface area (Å²) < 4.78 is 15.6. The molecule has 0 saturated carbocycles. The monoisotopic (exact) mass is 399 g/mol. The quantitative estimate of drug-likeness (QED) is 0.604. The minimum absolute atomic E-state index is 0.0157. The van der Waals surface area contributed by atoms with Crippen LogP contribution in [0.5, 0.6) is 5.75 Å². The van der Waals surface area contributed by atoms with Crippen LogP contribution in [-0.2, 0) is 16.1 Å². The lowest BCUT2D eigenvalue weighted by molar-refractivity contribution is -0.130. The smallest absolute Gasteiger partial charge is 0.375 e. The van der Waals surface area contributed by atoms with Gasteiger partial charge in [0.25, 0.3) is 5.91 Å². The third-order valence-electron chi connectivity index (χ3n) is 3.98. The first-order chi connectivity index (χ1) is 13.6. The van der Waals surface area contributed by atoms with E-state index in [0.29, 0.717) is 10.6 Å². The number of halogens is 1. The molecule has 3 aromatic rings. The number of benzene rings is 2. The fraction of sp³-hybridized carbons (Fsp3) is 0.143. The van der Waals surface area contributed by atoms with Crippen LogP contribution in [-0.4, -0.2) is 19.0 Å². The van der Waals surface area contributed by atoms with Gasteiger partial charge in [-0.3, -0.25) is 4.79 Å². The summed E-state index contributed by atoms with van der Waals surface area (Å²) in [6.45, 7) is 0.269. The molecule has 1 aromatic heterocycles. The lowest BCUT2D eigenvalue weighted by Crippen LogP contribution is -2.31. The van der Waals surface area contributed by atoms with E-state index in [1.54, 1.807) is 49.6 Å². The van der Waals surface area contributed by atoms with Crippen molar-refractivity contribution in [2.45, 2.75) is 12.6 Å². The van der Waals surface area contributed by atoms with Crippen LogP contribution in [0, 0.1) is 0 Å². The van der Waals surface area contributed by atoms with Gasteiger partial charge in [-0.05, 0) is 42.0 Å². The first-order valence-electron chi connectivity index (χ1n) is 8.47. The van der Waals surface area contributed by atoms with E-state index >= 15 is 0 Å². The van der Waals surface area contributed by atoms with Crippen LogP contribution in [0.4, 0.5) is 0 Å². The fourth-order valence-electron chi connectivity index (χ4n) is 2.50. The van der Waals surface area contributed by atoms with E-state index in [1.807, 2.05) is 12.1 Å². The highest BCUT2D eigenvalue weighted by molar-refractivity contribution is 6.30. The number of nitrogens with one attached hydrogen (secondary N) is 1. The zero-order valence-corrected chi connectivity index (χ0v) is 15.8. The number of hydrogen-bond acceptors (Lipinski definition) is 5. The summed E-state index contributed by atoms with van der Waals surface area (Å²) >= 11 is 5.92. The second-order valence-electron chi connectivity index (χ2n) is 5.88. The SMILES string of the molecule is COc1ccc(CNC(=O)[C@H](OC(=O)c2ccco2)c2ccc(Cl)cc2)cc1. The van der Waals surface area contributed by atoms with Gasteiger partial charge in [0, 0.05) is 17.1 Å². The molecule has 1 heterocycles. The lowest BCUT2D eigenvalue weighted by Gasteiger charge is -2.18. The van der Waals surface area contributed by atoms with Crippen molar-refractivity contribution in [3.8, 4) is 5.75 Å². The average Bonchev–Trinajstić information content (AvgIpc) is 3.26. The number of carbonyl (C=O) groups excluding carboxylic acids is 2. The van der Waals surface area contributed by atoms with E-state index in [4.69, 9.17) is 25.5 Å². The van der Waals surface area contributed by atoms with Gasteiger partial charge in [-0.25, -0.2) is 4.79 Å². The molecule has 0 bridgehead atoms. The standard InChI is InChI=1S/C21H18ClNO5/c1-26-17-10-4-14(5-11-17)13-23-20(24)19(15-6-8-16(22)9-7-15)28-21(25)18-3-2-12-27-18/h2-12,19H,13H2,1H3,(H,23,24)/t19-/m1/s1. The Morgan fingerprint density at radius 1 is 1.07 bits per heavy atom. The molecule has 7 heteroatoms. The van der Waals surface area contributed by atoms with E-state index in [0.717, 1.165) is 11.3 Å². The van der Waals surface area contributed by atoms with Crippen molar-refractivity contribution in [2.75, 3.05) is 7.11 Å². The summed E-state index contributed by atoms with van der Waals surface area (Å²) in [6.07, 6.45) is 0.214. The Bertz CT molecular complexity index is 920. The van der Waals surface area contributed by atoms with Crippen molar-refractivity contribution in [2.24, 2.45) is 0 Å². The molecule has 0 fully saturated rings. The molecular formula is C21H18ClNO5. The molecular weight excluding hydrogens is 382 g/mol. The number of furan rings is 1. The molecule has 0 unspecified atom stereocenters. The van der Waals surface area contributed by atoms with Crippen LogP contribution < -0.4 is 10.1 Å². The Morgan fingerprint density at radius 2 is 1.79 bits per heavy atom. The third-order valence-corrected chi connectivity index (χ3v) is 4.24. The highest BCUT2D eigenvalue weighted by atomic mass is 35.5. The maximum Gasteiger partial charge on any atom is 0.375 e. The van der Waals surface area contributed by atoms with Crippen LogP contribution >= 0.6 is 11.6 Å². The number of ether oxygens (including phenoxy) is 2. The Morgan fingerprint density at radius 3 is 2.39 bits per heavy atom. The van der Waals surface area contributed by atoms with Crippen molar-refractivity contribution >= 4 is 23.5 Å². The van der Waals surface area contributed by atoms with Crippen LogP contribution in [0.1, 0.15) is 27.8 Å². The topological polar surface area (TPSA) is 77.8 Å². The minimum Gasteiger partial charge on any atom is -0.497 e. The summed E-state index contributed by atoms with van der Waals surface area (Å²) in [7, 11) is 1.58. The zero-order chi connectivity index (χ0) is 19.9. The predicted molar refractivity (Wildman–Crippen MR) is 103 cm³/mol. The predicted octanol–water partition coefficient (Wildman–Crippen LogP) is 4.16.